The van der Waals surface area contributed by atoms with Gasteiger partial charge in [0.1, 0.15) is 19.3 Å². The summed E-state index contributed by atoms with van der Waals surface area (Å²) in [6.07, 6.45) is 57.2. The molecule has 0 heterocycles. The summed E-state index contributed by atoms with van der Waals surface area (Å²) in [4.78, 5) is 72.9. The van der Waals surface area contributed by atoms with Crippen molar-refractivity contribution in [3.05, 3.63) is 0 Å². The Morgan fingerprint density at radius 1 is 0.280 bits per heavy atom. The van der Waals surface area contributed by atoms with Crippen molar-refractivity contribution in [2.75, 3.05) is 39.6 Å². The fourth-order valence-electron chi connectivity index (χ4n) is 12.4. The van der Waals surface area contributed by atoms with Crippen molar-refractivity contribution in [3.63, 3.8) is 0 Å². The standard InChI is InChI=1S/C81H158O17P2/c1-9-74(8)60-52-44-35-28-24-20-16-12-10-11-13-17-21-25-29-37-47-55-63-80(85)97-76(67-91-78(83)61-53-45-36-32-31-34-42-50-58-72(4)5)69-95-99(87,88)93-65-75(82)66-94-100(89,90)96-70-77(68-92-79(84)62-54-46-40-39-43-51-59-73(6)7)98-81(86)64-56-48-38-30-26-22-18-14-15-19-23-27-33-41-49-57-71(2)3/h71-77,82H,9-70H2,1-8H3,(H,87,88)(H,89,90)/t74?,75?,76-,77-/m1/s1. The van der Waals surface area contributed by atoms with Gasteiger partial charge in [0.2, 0.25) is 0 Å². The second-order valence-electron chi connectivity index (χ2n) is 30.8. The summed E-state index contributed by atoms with van der Waals surface area (Å²) in [6, 6.07) is 0. The summed E-state index contributed by atoms with van der Waals surface area (Å²) in [5.74, 6) is 0.961. The molecule has 100 heavy (non-hydrogen) atoms. The first-order valence-corrected chi connectivity index (χ1v) is 44.7. The number of phosphoric acid groups is 2. The van der Waals surface area contributed by atoms with Crippen molar-refractivity contribution in [1.29, 1.82) is 0 Å². The van der Waals surface area contributed by atoms with Gasteiger partial charge in [-0.05, 0) is 49.4 Å². The molecule has 0 spiro atoms. The number of carbonyl (C=O) groups excluding carboxylic acids is 4. The Morgan fingerprint density at radius 2 is 0.480 bits per heavy atom. The van der Waals surface area contributed by atoms with E-state index in [4.69, 9.17) is 37.0 Å². The zero-order valence-corrected chi connectivity index (χ0v) is 67.6. The van der Waals surface area contributed by atoms with Gasteiger partial charge in [0.05, 0.1) is 26.4 Å². The fraction of sp³-hybridized carbons (Fsp3) is 0.951. The van der Waals surface area contributed by atoms with Gasteiger partial charge >= 0.3 is 39.5 Å². The van der Waals surface area contributed by atoms with Crippen LogP contribution in [-0.2, 0) is 65.4 Å². The van der Waals surface area contributed by atoms with Gasteiger partial charge in [-0.25, -0.2) is 9.13 Å². The Bertz CT molecular complexity index is 1960. The van der Waals surface area contributed by atoms with Gasteiger partial charge in [-0.3, -0.25) is 37.3 Å². The fourth-order valence-corrected chi connectivity index (χ4v) is 14.0. The molecule has 0 saturated heterocycles. The number of esters is 4. The molecule has 0 aromatic rings. The lowest BCUT2D eigenvalue weighted by Crippen LogP contribution is -2.30. The Kier molecular flexibility index (Phi) is 68.7. The smallest absolute Gasteiger partial charge is 0.462 e. The molecule has 0 aliphatic heterocycles. The Labute approximate surface area is 613 Å². The van der Waals surface area contributed by atoms with Gasteiger partial charge in [-0.15, -0.1) is 0 Å². The van der Waals surface area contributed by atoms with Gasteiger partial charge in [0, 0.05) is 25.7 Å². The van der Waals surface area contributed by atoms with Crippen molar-refractivity contribution < 1.29 is 80.2 Å². The van der Waals surface area contributed by atoms with Crippen molar-refractivity contribution in [2.24, 2.45) is 23.7 Å². The molecule has 6 atom stereocenters. The molecular formula is C81H158O17P2. The van der Waals surface area contributed by atoms with Crippen molar-refractivity contribution in [1.82, 2.24) is 0 Å². The molecular weight excluding hydrogens is 1310 g/mol. The molecule has 0 amide bonds. The number of hydrogen-bond donors (Lipinski definition) is 3. The second-order valence-corrected chi connectivity index (χ2v) is 33.7. The normalized spacial score (nSPS) is 14.3. The lowest BCUT2D eigenvalue weighted by Gasteiger charge is -2.21. The molecule has 19 heteroatoms. The number of hydrogen-bond acceptors (Lipinski definition) is 15. The topological polar surface area (TPSA) is 237 Å². The van der Waals surface area contributed by atoms with Crippen LogP contribution in [0, 0.1) is 23.7 Å². The summed E-state index contributed by atoms with van der Waals surface area (Å²) in [5, 5.41) is 10.6. The number of rotatable bonds is 78. The number of carbonyl (C=O) groups is 4. The van der Waals surface area contributed by atoms with Gasteiger partial charge < -0.3 is 33.8 Å². The zero-order chi connectivity index (χ0) is 73.8. The Hall–Kier alpha value is -1.94. The van der Waals surface area contributed by atoms with E-state index < -0.39 is 97.5 Å². The first kappa shape index (κ1) is 98.1. The molecule has 17 nitrogen and oxygen atoms in total. The Balaban J connectivity index is 5.16. The molecule has 0 rings (SSSR count). The molecule has 3 N–H and O–H groups in total. The highest BCUT2D eigenvalue weighted by Crippen LogP contribution is 2.45. The molecule has 0 aromatic heterocycles. The van der Waals surface area contributed by atoms with Crippen LogP contribution in [0.5, 0.6) is 0 Å². The predicted molar refractivity (Wildman–Crippen MR) is 409 cm³/mol. The summed E-state index contributed by atoms with van der Waals surface area (Å²) in [7, 11) is -9.92. The third kappa shape index (κ3) is 73.0. The maximum absolute atomic E-state index is 13.1. The third-order valence-corrected chi connectivity index (χ3v) is 21.1. The highest BCUT2D eigenvalue weighted by Gasteiger charge is 2.30. The van der Waals surface area contributed by atoms with Gasteiger partial charge in [-0.2, -0.15) is 0 Å². The largest absolute Gasteiger partial charge is 0.472 e. The highest BCUT2D eigenvalue weighted by atomic mass is 31.2. The van der Waals surface area contributed by atoms with Gasteiger partial charge in [-0.1, -0.05) is 364 Å². The van der Waals surface area contributed by atoms with Crippen molar-refractivity contribution >= 4 is 39.5 Å². The van der Waals surface area contributed by atoms with Crippen LogP contribution in [0.25, 0.3) is 0 Å². The monoisotopic (exact) mass is 1470 g/mol. The van der Waals surface area contributed by atoms with Crippen LogP contribution in [0.1, 0.15) is 415 Å². The van der Waals surface area contributed by atoms with Crippen LogP contribution in [0.2, 0.25) is 0 Å². The van der Waals surface area contributed by atoms with E-state index in [0.29, 0.717) is 31.6 Å². The first-order valence-electron chi connectivity index (χ1n) is 41.7. The number of phosphoric ester groups is 2. The average Bonchev–Trinajstić information content (AvgIpc) is 0.971. The van der Waals surface area contributed by atoms with E-state index in [2.05, 4.69) is 55.4 Å². The maximum atomic E-state index is 13.1. The van der Waals surface area contributed by atoms with E-state index in [9.17, 15) is 43.2 Å². The Morgan fingerprint density at radius 3 is 0.710 bits per heavy atom. The minimum Gasteiger partial charge on any atom is -0.462 e. The van der Waals surface area contributed by atoms with E-state index in [1.165, 1.54) is 212 Å². The number of aliphatic hydroxyl groups excluding tert-OH is 1. The summed E-state index contributed by atoms with van der Waals surface area (Å²) in [6.45, 7) is 14.2. The zero-order valence-electron chi connectivity index (χ0n) is 65.8. The number of ether oxygens (including phenoxy) is 4. The predicted octanol–water partition coefficient (Wildman–Crippen LogP) is 24.0. The molecule has 0 aliphatic rings. The van der Waals surface area contributed by atoms with E-state index in [-0.39, 0.29) is 25.7 Å². The highest BCUT2D eigenvalue weighted by molar-refractivity contribution is 7.47. The van der Waals surface area contributed by atoms with Crippen LogP contribution >= 0.6 is 15.6 Å². The molecule has 0 aliphatic carbocycles. The van der Waals surface area contributed by atoms with Crippen LogP contribution in [0.3, 0.4) is 0 Å². The maximum Gasteiger partial charge on any atom is 0.472 e. The second kappa shape index (κ2) is 70.1. The molecule has 594 valence electrons. The third-order valence-electron chi connectivity index (χ3n) is 19.2. The van der Waals surface area contributed by atoms with E-state index in [0.717, 1.165) is 114 Å². The van der Waals surface area contributed by atoms with E-state index >= 15 is 0 Å². The van der Waals surface area contributed by atoms with Crippen LogP contribution in [-0.4, -0.2) is 96.7 Å². The number of unbranched alkanes of at least 4 members (excludes halogenated alkanes) is 43. The van der Waals surface area contributed by atoms with Crippen LogP contribution in [0.4, 0.5) is 0 Å². The van der Waals surface area contributed by atoms with Gasteiger partial charge in [0.15, 0.2) is 12.2 Å². The quantitative estimate of drug-likeness (QED) is 0.0222. The average molecular weight is 1470 g/mol. The molecule has 0 fully saturated rings. The van der Waals surface area contributed by atoms with Gasteiger partial charge in [0.25, 0.3) is 0 Å². The van der Waals surface area contributed by atoms with Crippen LogP contribution in [0.15, 0.2) is 0 Å². The lowest BCUT2D eigenvalue weighted by molar-refractivity contribution is -0.161. The van der Waals surface area contributed by atoms with Crippen LogP contribution < -0.4 is 0 Å². The summed E-state index contributed by atoms with van der Waals surface area (Å²) in [5.41, 5.74) is 0. The first-order chi connectivity index (χ1) is 48.1. The van der Waals surface area contributed by atoms with Crippen molar-refractivity contribution in [3.8, 4) is 0 Å². The lowest BCUT2D eigenvalue weighted by atomic mass is 9.99. The molecule has 0 aromatic carbocycles. The summed E-state index contributed by atoms with van der Waals surface area (Å²) < 4.78 is 68.6. The molecule has 0 saturated carbocycles. The van der Waals surface area contributed by atoms with E-state index in [1.807, 2.05) is 0 Å². The SMILES string of the molecule is CCC(C)CCCCCCCCCCCCCCCCCCCCC(=O)O[C@H](COC(=O)CCCCCCCCCCC(C)C)COP(=O)(O)OCC(O)COP(=O)(O)OC[C@@H](COC(=O)CCCCCCCCC(C)C)OC(=O)CCCCCCCCCCCCCCCCCC(C)C. The molecule has 0 bridgehead atoms. The minimum absolute atomic E-state index is 0.106. The van der Waals surface area contributed by atoms with E-state index in [1.54, 1.807) is 0 Å². The molecule has 0 radical (unpaired) electrons. The summed E-state index contributed by atoms with van der Waals surface area (Å²) >= 11 is 0. The molecule has 4 unspecified atom stereocenters. The number of aliphatic hydroxyl groups is 1. The van der Waals surface area contributed by atoms with Crippen molar-refractivity contribution in [2.45, 2.75) is 433 Å². The minimum atomic E-state index is -4.96.